The monoisotopic (exact) mass is 261 g/mol. The molecule has 1 rings (SSSR count). The smallest absolute Gasteiger partial charge is 0.338 e. The van der Waals surface area contributed by atoms with Crippen molar-refractivity contribution in [2.45, 2.75) is 0 Å². The maximum atomic E-state index is 11.7. The second kappa shape index (κ2) is 7.00. The van der Waals surface area contributed by atoms with Gasteiger partial charge in [0.2, 0.25) is 0 Å². The van der Waals surface area contributed by atoms with Crippen molar-refractivity contribution in [3.05, 3.63) is 54.6 Å². The maximum absolute atomic E-state index is 11.7. The summed E-state index contributed by atoms with van der Waals surface area (Å²) < 4.78 is 9.73. The fourth-order valence-electron chi connectivity index (χ4n) is 1.32. The number of rotatable bonds is 6. The Morgan fingerprint density at radius 3 is 1.79 bits per heavy atom. The summed E-state index contributed by atoms with van der Waals surface area (Å²) in [5.41, 5.74) is 6.29. The van der Waals surface area contributed by atoms with Crippen molar-refractivity contribution in [2.24, 2.45) is 0 Å². The van der Waals surface area contributed by atoms with Crippen molar-refractivity contribution < 1.29 is 19.1 Å². The van der Waals surface area contributed by atoms with Gasteiger partial charge in [-0.3, -0.25) is 0 Å². The van der Waals surface area contributed by atoms with Crippen LogP contribution in [0.4, 0.5) is 5.69 Å². The molecule has 0 aliphatic rings. The fraction of sp³-hybridized carbons (Fsp3) is 0.143. The molecule has 0 heterocycles. The number of carbonyl (C=O) groups excluding carboxylic acids is 2. The third kappa shape index (κ3) is 4.31. The summed E-state index contributed by atoms with van der Waals surface area (Å²) in [6, 6.07) is 4.22. The summed E-state index contributed by atoms with van der Waals surface area (Å²) in [7, 11) is 0. The van der Waals surface area contributed by atoms with Gasteiger partial charge in [0.05, 0.1) is 11.1 Å². The quantitative estimate of drug-likeness (QED) is 0.481. The average Bonchev–Trinajstić information content (AvgIpc) is 2.41. The van der Waals surface area contributed by atoms with Crippen molar-refractivity contribution in [1.29, 1.82) is 0 Å². The molecule has 0 aliphatic carbocycles. The SMILES string of the molecule is C=CCOC(=O)c1cc(N)cc(C(=O)OCC=C)c1. The minimum Gasteiger partial charge on any atom is -0.458 e. The molecule has 1 aromatic rings. The van der Waals surface area contributed by atoms with Crippen molar-refractivity contribution in [1.82, 2.24) is 0 Å². The molecule has 19 heavy (non-hydrogen) atoms. The minimum absolute atomic E-state index is 0.0872. The second-order valence-electron chi connectivity index (χ2n) is 3.62. The van der Waals surface area contributed by atoms with Gasteiger partial charge in [-0.05, 0) is 18.2 Å². The van der Waals surface area contributed by atoms with E-state index < -0.39 is 11.9 Å². The lowest BCUT2D eigenvalue weighted by Crippen LogP contribution is -2.10. The molecular weight excluding hydrogens is 246 g/mol. The van der Waals surface area contributed by atoms with E-state index in [1.165, 1.54) is 30.4 Å². The molecule has 0 spiro atoms. The van der Waals surface area contributed by atoms with E-state index in [2.05, 4.69) is 13.2 Å². The Kier molecular flexibility index (Phi) is 5.35. The third-order valence-electron chi connectivity index (χ3n) is 2.09. The Morgan fingerprint density at radius 2 is 1.42 bits per heavy atom. The van der Waals surface area contributed by atoms with E-state index in [1.807, 2.05) is 0 Å². The number of esters is 2. The Hall–Kier alpha value is -2.56. The number of carbonyl (C=O) groups is 2. The first-order chi connectivity index (χ1) is 9.08. The predicted molar refractivity (Wildman–Crippen MR) is 71.8 cm³/mol. The van der Waals surface area contributed by atoms with Crippen LogP contribution < -0.4 is 5.73 Å². The summed E-state index contributed by atoms with van der Waals surface area (Å²) in [4.78, 5) is 23.3. The van der Waals surface area contributed by atoms with Crippen LogP contribution in [0, 0.1) is 0 Å². The highest BCUT2D eigenvalue weighted by molar-refractivity contribution is 5.96. The summed E-state index contributed by atoms with van der Waals surface area (Å²) in [5.74, 6) is -1.16. The zero-order valence-corrected chi connectivity index (χ0v) is 10.4. The fourth-order valence-corrected chi connectivity index (χ4v) is 1.32. The highest BCUT2D eigenvalue weighted by Crippen LogP contribution is 2.14. The molecule has 0 unspecified atom stereocenters. The second-order valence-corrected chi connectivity index (χ2v) is 3.62. The van der Waals surface area contributed by atoms with E-state index in [0.717, 1.165) is 0 Å². The molecule has 0 radical (unpaired) electrons. The molecule has 0 saturated carbocycles. The van der Waals surface area contributed by atoms with Crippen LogP contribution in [0.5, 0.6) is 0 Å². The number of anilines is 1. The van der Waals surface area contributed by atoms with Gasteiger partial charge in [0, 0.05) is 5.69 Å². The van der Waals surface area contributed by atoms with Crippen LogP contribution >= 0.6 is 0 Å². The summed E-state index contributed by atoms with van der Waals surface area (Å²) in [6.07, 6.45) is 2.90. The summed E-state index contributed by atoms with van der Waals surface area (Å²) in [5, 5.41) is 0. The first-order valence-corrected chi connectivity index (χ1v) is 5.55. The lowest BCUT2D eigenvalue weighted by Gasteiger charge is -2.07. The van der Waals surface area contributed by atoms with E-state index in [-0.39, 0.29) is 30.0 Å². The molecule has 2 N–H and O–H groups in total. The van der Waals surface area contributed by atoms with E-state index in [9.17, 15) is 9.59 Å². The molecule has 0 bridgehead atoms. The number of benzene rings is 1. The standard InChI is InChI=1S/C14H15NO4/c1-3-5-18-13(16)10-7-11(9-12(15)8-10)14(17)19-6-4-2/h3-4,7-9H,1-2,5-6,15H2. The van der Waals surface area contributed by atoms with Crippen molar-refractivity contribution in [3.8, 4) is 0 Å². The van der Waals surface area contributed by atoms with Crippen LogP contribution in [0.3, 0.4) is 0 Å². The Balaban J connectivity index is 2.93. The van der Waals surface area contributed by atoms with Gasteiger partial charge in [0.15, 0.2) is 0 Å². The highest BCUT2D eigenvalue weighted by atomic mass is 16.5. The van der Waals surface area contributed by atoms with E-state index in [4.69, 9.17) is 15.2 Å². The van der Waals surface area contributed by atoms with Gasteiger partial charge in [-0.25, -0.2) is 9.59 Å². The molecule has 5 heteroatoms. The van der Waals surface area contributed by atoms with Gasteiger partial charge in [0.25, 0.3) is 0 Å². The van der Waals surface area contributed by atoms with Crippen LogP contribution in [0.15, 0.2) is 43.5 Å². The molecule has 0 aromatic heterocycles. The molecule has 0 atom stereocenters. The average molecular weight is 261 g/mol. The zero-order valence-electron chi connectivity index (χ0n) is 10.4. The van der Waals surface area contributed by atoms with Crippen LogP contribution in [-0.4, -0.2) is 25.2 Å². The first-order valence-electron chi connectivity index (χ1n) is 5.55. The molecular formula is C14H15NO4. The van der Waals surface area contributed by atoms with E-state index in [1.54, 1.807) is 0 Å². The van der Waals surface area contributed by atoms with Crippen molar-refractivity contribution >= 4 is 17.6 Å². The molecule has 1 aromatic carbocycles. The van der Waals surface area contributed by atoms with Crippen molar-refractivity contribution in [3.63, 3.8) is 0 Å². The Morgan fingerprint density at radius 1 is 1.00 bits per heavy atom. The lowest BCUT2D eigenvalue weighted by atomic mass is 10.1. The number of hydrogen-bond donors (Lipinski definition) is 1. The first kappa shape index (κ1) is 14.5. The topological polar surface area (TPSA) is 78.6 Å². The largest absolute Gasteiger partial charge is 0.458 e. The molecule has 5 nitrogen and oxygen atoms in total. The number of nitrogens with two attached hydrogens (primary N) is 1. The Bertz CT molecular complexity index is 466. The highest BCUT2D eigenvalue weighted by Gasteiger charge is 2.13. The third-order valence-corrected chi connectivity index (χ3v) is 2.09. The van der Waals surface area contributed by atoms with Gasteiger partial charge in [-0.1, -0.05) is 25.3 Å². The van der Waals surface area contributed by atoms with Gasteiger partial charge < -0.3 is 15.2 Å². The Labute approximate surface area is 111 Å². The summed E-state index contributed by atoms with van der Waals surface area (Å²) >= 11 is 0. The maximum Gasteiger partial charge on any atom is 0.338 e. The van der Waals surface area contributed by atoms with Gasteiger partial charge in [0.1, 0.15) is 13.2 Å². The lowest BCUT2D eigenvalue weighted by molar-refractivity contribution is 0.0548. The van der Waals surface area contributed by atoms with Crippen LogP contribution in [0.2, 0.25) is 0 Å². The molecule has 0 saturated heterocycles. The normalized spacial score (nSPS) is 9.47. The molecule has 0 aliphatic heterocycles. The van der Waals surface area contributed by atoms with Crippen LogP contribution in [0.1, 0.15) is 20.7 Å². The van der Waals surface area contributed by atoms with E-state index >= 15 is 0 Å². The molecule has 100 valence electrons. The molecule has 0 amide bonds. The van der Waals surface area contributed by atoms with Crippen LogP contribution in [0.25, 0.3) is 0 Å². The van der Waals surface area contributed by atoms with Crippen molar-refractivity contribution in [2.75, 3.05) is 18.9 Å². The van der Waals surface area contributed by atoms with Gasteiger partial charge in [-0.15, -0.1) is 0 Å². The van der Waals surface area contributed by atoms with E-state index in [0.29, 0.717) is 0 Å². The summed E-state index contributed by atoms with van der Waals surface area (Å²) in [6.45, 7) is 7.05. The number of hydrogen-bond acceptors (Lipinski definition) is 5. The van der Waals surface area contributed by atoms with Gasteiger partial charge in [-0.2, -0.15) is 0 Å². The minimum atomic E-state index is -0.579. The number of ether oxygens (including phenoxy) is 2. The van der Waals surface area contributed by atoms with Gasteiger partial charge >= 0.3 is 11.9 Å². The predicted octanol–water partition coefficient (Wildman–Crippen LogP) is 1.95. The number of nitrogen functional groups attached to an aromatic ring is 1. The zero-order chi connectivity index (χ0) is 14.3. The van der Waals surface area contributed by atoms with Crippen LogP contribution in [-0.2, 0) is 9.47 Å². The molecule has 0 fully saturated rings.